The summed E-state index contributed by atoms with van der Waals surface area (Å²) in [5.41, 5.74) is 9.72. The van der Waals surface area contributed by atoms with E-state index in [2.05, 4.69) is 25.0 Å². The first-order chi connectivity index (χ1) is 15.6. The lowest BCUT2D eigenvalue weighted by atomic mass is 10.1. The molecule has 0 amide bonds. The van der Waals surface area contributed by atoms with E-state index in [-0.39, 0.29) is 5.95 Å². The molecule has 1 aromatic carbocycles. The lowest BCUT2D eigenvalue weighted by molar-refractivity contribution is 0.309. The topological polar surface area (TPSA) is 123 Å². The zero-order valence-corrected chi connectivity index (χ0v) is 18.8. The molecule has 0 spiro atoms. The predicted molar refractivity (Wildman–Crippen MR) is 120 cm³/mol. The molecule has 0 saturated heterocycles. The Labute approximate surface area is 189 Å². The third-order valence-corrected chi connectivity index (χ3v) is 5.76. The minimum atomic E-state index is 0.155. The number of rotatable bonds is 9. The standard InChI is InChI=1S/C21H23N7O3S/c1-13-17(32-12-25-13)6-7-31-20-10-18(23-11-24-20)28-19(26-21(22)27-28)9-14-4-5-15(29-2)16(8-14)30-3/h4-5,8,10-12H,6-7,9H2,1-3H3,(H2,22,27). The molecular formula is C21H23N7O3S. The van der Waals surface area contributed by atoms with E-state index < -0.39 is 0 Å². The molecule has 3 heterocycles. The second kappa shape index (κ2) is 9.60. The summed E-state index contributed by atoms with van der Waals surface area (Å²) in [4.78, 5) is 18.3. The maximum Gasteiger partial charge on any atom is 0.240 e. The van der Waals surface area contributed by atoms with Crippen molar-refractivity contribution >= 4 is 17.3 Å². The van der Waals surface area contributed by atoms with Crippen molar-refractivity contribution in [2.45, 2.75) is 19.8 Å². The van der Waals surface area contributed by atoms with Crippen molar-refractivity contribution in [2.75, 3.05) is 26.6 Å². The average molecular weight is 454 g/mol. The van der Waals surface area contributed by atoms with Crippen molar-refractivity contribution in [3.05, 3.63) is 58.1 Å². The number of nitrogen functional groups attached to an aromatic ring is 1. The van der Waals surface area contributed by atoms with Crippen molar-refractivity contribution in [1.82, 2.24) is 29.7 Å². The molecule has 166 valence electrons. The Morgan fingerprint density at radius 2 is 1.91 bits per heavy atom. The smallest absolute Gasteiger partial charge is 0.240 e. The van der Waals surface area contributed by atoms with Crippen LogP contribution in [0.2, 0.25) is 0 Å². The van der Waals surface area contributed by atoms with E-state index in [0.29, 0.717) is 42.0 Å². The molecule has 11 heteroatoms. The van der Waals surface area contributed by atoms with Crippen molar-refractivity contribution in [1.29, 1.82) is 0 Å². The molecule has 2 N–H and O–H groups in total. The van der Waals surface area contributed by atoms with E-state index in [1.165, 1.54) is 11.2 Å². The van der Waals surface area contributed by atoms with E-state index in [1.807, 2.05) is 30.6 Å². The first-order valence-electron chi connectivity index (χ1n) is 9.84. The number of ether oxygens (including phenoxy) is 3. The van der Waals surface area contributed by atoms with Crippen LogP contribution in [0.4, 0.5) is 5.95 Å². The van der Waals surface area contributed by atoms with E-state index in [0.717, 1.165) is 17.7 Å². The van der Waals surface area contributed by atoms with Gasteiger partial charge in [-0.15, -0.1) is 16.4 Å². The van der Waals surface area contributed by atoms with Gasteiger partial charge in [0, 0.05) is 23.8 Å². The molecule has 0 aliphatic carbocycles. The number of anilines is 1. The van der Waals surface area contributed by atoms with Crippen LogP contribution in [-0.2, 0) is 12.8 Å². The fourth-order valence-corrected chi connectivity index (χ4v) is 3.93. The fraction of sp³-hybridized carbons (Fsp3) is 0.286. The Balaban J connectivity index is 1.52. The molecule has 0 fully saturated rings. The molecule has 0 atom stereocenters. The minimum absolute atomic E-state index is 0.155. The van der Waals surface area contributed by atoms with Crippen LogP contribution in [0.5, 0.6) is 17.4 Å². The van der Waals surface area contributed by atoms with E-state index in [4.69, 9.17) is 19.9 Å². The van der Waals surface area contributed by atoms with Crippen LogP contribution in [0, 0.1) is 6.92 Å². The Bertz CT molecular complexity index is 1210. The van der Waals surface area contributed by atoms with Crippen molar-refractivity contribution in [2.24, 2.45) is 0 Å². The van der Waals surface area contributed by atoms with Crippen molar-refractivity contribution < 1.29 is 14.2 Å². The fourth-order valence-electron chi connectivity index (χ4n) is 3.17. The monoisotopic (exact) mass is 453 g/mol. The molecule has 0 bridgehead atoms. The summed E-state index contributed by atoms with van der Waals surface area (Å²) in [6, 6.07) is 7.39. The number of aryl methyl sites for hydroxylation is 1. The number of hydrogen-bond donors (Lipinski definition) is 1. The van der Waals surface area contributed by atoms with Gasteiger partial charge in [0.25, 0.3) is 0 Å². The number of nitrogens with two attached hydrogens (primary N) is 1. The largest absolute Gasteiger partial charge is 0.493 e. The lowest BCUT2D eigenvalue weighted by Crippen LogP contribution is -2.08. The predicted octanol–water partition coefficient (Wildman–Crippen LogP) is 2.63. The van der Waals surface area contributed by atoms with E-state index in [1.54, 1.807) is 36.3 Å². The summed E-state index contributed by atoms with van der Waals surface area (Å²) in [5.74, 6) is 3.04. The summed E-state index contributed by atoms with van der Waals surface area (Å²) in [5, 5.41) is 4.30. The normalized spacial score (nSPS) is 10.8. The Morgan fingerprint density at radius 3 is 2.66 bits per heavy atom. The molecule has 0 saturated carbocycles. The van der Waals surface area contributed by atoms with Crippen molar-refractivity contribution in [3.63, 3.8) is 0 Å². The van der Waals surface area contributed by atoms with E-state index in [9.17, 15) is 0 Å². The Morgan fingerprint density at radius 1 is 1.06 bits per heavy atom. The van der Waals surface area contributed by atoms with Crippen LogP contribution in [0.15, 0.2) is 36.1 Å². The number of thiazole rings is 1. The molecule has 4 aromatic rings. The Hall–Kier alpha value is -3.73. The maximum atomic E-state index is 5.89. The van der Waals surface area contributed by atoms with Gasteiger partial charge in [0.15, 0.2) is 17.3 Å². The molecule has 3 aromatic heterocycles. The van der Waals surface area contributed by atoms with Gasteiger partial charge in [-0.1, -0.05) is 6.07 Å². The first-order valence-corrected chi connectivity index (χ1v) is 10.7. The van der Waals surface area contributed by atoms with Gasteiger partial charge < -0.3 is 19.9 Å². The summed E-state index contributed by atoms with van der Waals surface area (Å²) < 4.78 is 18.1. The zero-order valence-electron chi connectivity index (χ0n) is 18.0. The molecule has 0 unspecified atom stereocenters. The molecule has 0 aliphatic rings. The van der Waals surface area contributed by atoms with Crippen LogP contribution in [0.3, 0.4) is 0 Å². The van der Waals surface area contributed by atoms with E-state index >= 15 is 0 Å². The van der Waals surface area contributed by atoms with Crippen LogP contribution >= 0.6 is 11.3 Å². The number of hydrogen-bond acceptors (Lipinski definition) is 10. The first kappa shape index (κ1) is 21.5. The highest BCUT2D eigenvalue weighted by atomic mass is 32.1. The second-order valence-corrected chi connectivity index (χ2v) is 7.78. The van der Waals surface area contributed by atoms with Gasteiger partial charge >= 0.3 is 0 Å². The molecule has 4 rings (SSSR count). The molecule has 32 heavy (non-hydrogen) atoms. The van der Waals surface area contributed by atoms with Gasteiger partial charge in [0.2, 0.25) is 11.8 Å². The molecule has 0 aliphatic heterocycles. The summed E-state index contributed by atoms with van der Waals surface area (Å²) in [6.45, 7) is 2.47. The SMILES string of the molecule is COc1ccc(Cc2nc(N)nn2-c2cc(OCCc3scnc3C)ncn2)cc1OC. The highest BCUT2D eigenvalue weighted by Crippen LogP contribution is 2.28. The maximum absolute atomic E-state index is 5.89. The summed E-state index contributed by atoms with van der Waals surface area (Å²) in [7, 11) is 3.20. The minimum Gasteiger partial charge on any atom is -0.493 e. The van der Waals surface area contributed by atoms with Gasteiger partial charge in [0.05, 0.1) is 32.0 Å². The lowest BCUT2D eigenvalue weighted by Gasteiger charge is -2.10. The van der Waals surface area contributed by atoms with Crippen LogP contribution < -0.4 is 19.9 Å². The number of nitrogens with zero attached hydrogens (tertiary/aromatic N) is 6. The van der Waals surface area contributed by atoms with Gasteiger partial charge in [-0.3, -0.25) is 0 Å². The number of methoxy groups -OCH3 is 2. The van der Waals surface area contributed by atoms with Gasteiger partial charge in [-0.25, -0.2) is 15.0 Å². The van der Waals surface area contributed by atoms with Gasteiger partial charge in [-0.2, -0.15) is 9.67 Å². The van der Waals surface area contributed by atoms with Crippen molar-refractivity contribution in [3.8, 4) is 23.2 Å². The summed E-state index contributed by atoms with van der Waals surface area (Å²) >= 11 is 1.62. The number of benzene rings is 1. The third kappa shape index (κ3) is 4.78. The van der Waals surface area contributed by atoms with Gasteiger partial charge in [-0.05, 0) is 24.6 Å². The zero-order chi connectivity index (χ0) is 22.5. The highest BCUT2D eigenvalue weighted by molar-refractivity contribution is 7.09. The van der Waals surface area contributed by atoms with Crippen LogP contribution in [0.25, 0.3) is 5.82 Å². The average Bonchev–Trinajstić information content (AvgIpc) is 3.38. The molecule has 10 nitrogen and oxygen atoms in total. The Kier molecular flexibility index (Phi) is 6.45. The van der Waals surface area contributed by atoms with Crippen LogP contribution in [-0.4, -0.2) is 50.5 Å². The third-order valence-electron chi connectivity index (χ3n) is 4.77. The molecule has 0 radical (unpaired) electrons. The summed E-state index contributed by atoms with van der Waals surface area (Å²) in [6.07, 6.45) is 2.66. The van der Waals surface area contributed by atoms with Crippen LogP contribution in [0.1, 0.15) is 22.0 Å². The molecular weight excluding hydrogens is 430 g/mol. The quantitative estimate of drug-likeness (QED) is 0.407. The highest BCUT2D eigenvalue weighted by Gasteiger charge is 2.15. The number of aromatic nitrogens is 6. The van der Waals surface area contributed by atoms with Gasteiger partial charge in [0.1, 0.15) is 12.2 Å². The second-order valence-electron chi connectivity index (χ2n) is 6.84.